The van der Waals surface area contributed by atoms with Crippen molar-refractivity contribution in [1.29, 1.82) is 0 Å². The lowest BCUT2D eigenvalue weighted by Gasteiger charge is -2.27. The first-order valence-electron chi connectivity index (χ1n) is 7.45. The Morgan fingerprint density at radius 1 is 1.29 bits per heavy atom. The van der Waals surface area contributed by atoms with Gasteiger partial charge in [0.1, 0.15) is 0 Å². The van der Waals surface area contributed by atoms with Gasteiger partial charge >= 0.3 is 0 Å². The van der Waals surface area contributed by atoms with Crippen LogP contribution >= 0.6 is 23.2 Å². The molecule has 2 rings (SSSR count). The molecule has 0 radical (unpaired) electrons. The van der Waals surface area contributed by atoms with E-state index in [2.05, 4.69) is 5.32 Å². The molecule has 0 aliphatic heterocycles. The van der Waals surface area contributed by atoms with Crippen LogP contribution in [0.2, 0.25) is 10.0 Å². The third kappa shape index (κ3) is 4.87. The predicted molar refractivity (Wildman–Crippen MR) is 85.8 cm³/mol. The van der Waals surface area contributed by atoms with Gasteiger partial charge in [0.15, 0.2) is 0 Å². The monoisotopic (exact) mass is 329 g/mol. The van der Waals surface area contributed by atoms with Crippen LogP contribution in [-0.4, -0.2) is 23.7 Å². The number of halogens is 2. The summed E-state index contributed by atoms with van der Waals surface area (Å²) in [5, 5.41) is 13.8. The van der Waals surface area contributed by atoms with Gasteiger partial charge in [0.25, 0.3) is 0 Å². The fourth-order valence-corrected chi connectivity index (χ4v) is 3.16. The summed E-state index contributed by atoms with van der Waals surface area (Å²) >= 11 is 12.0. The number of benzene rings is 1. The summed E-state index contributed by atoms with van der Waals surface area (Å²) in [7, 11) is 0. The first-order valence-corrected chi connectivity index (χ1v) is 8.21. The van der Waals surface area contributed by atoms with Crippen molar-refractivity contribution in [2.75, 3.05) is 6.54 Å². The lowest BCUT2D eigenvalue weighted by Crippen LogP contribution is -2.36. The summed E-state index contributed by atoms with van der Waals surface area (Å²) in [5.74, 6) is 0.182. The molecule has 0 bridgehead atoms. The molecule has 1 saturated carbocycles. The highest BCUT2D eigenvalue weighted by Crippen LogP contribution is 2.26. The molecular weight excluding hydrogens is 309 g/mol. The maximum absolute atomic E-state index is 11.9. The second-order valence-electron chi connectivity index (χ2n) is 5.63. The Morgan fingerprint density at radius 2 is 2.05 bits per heavy atom. The summed E-state index contributed by atoms with van der Waals surface area (Å²) in [6.45, 7) is 0.559. The molecule has 1 aliphatic rings. The molecule has 1 aromatic carbocycles. The van der Waals surface area contributed by atoms with Crippen molar-refractivity contribution in [3.8, 4) is 0 Å². The van der Waals surface area contributed by atoms with Crippen molar-refractivity contribution in [1.82, 2.24) is 5.32 Å². The van der Waals surface area contributed by atoms with E-state index in [0.29, 0.717) is 29.4 Å². The van der Waals surface area contributed by atoms with Gasteiger partial charge in [-0.3, -0.25) is 4.79 Å². The molecule has 1 aromatic rings. The van der Waals surface area contributed by atoms with E-state index in [1.165, 1.54) is 0 Å². The van der Waals surface area contributed by atoms with Crippen LogP contribution in [0.3, 0.4) is 0 Å². The van der Waals surface area contributed by atoms with Crippen molar-refractivity contribution in [3.05, 3.63) is 33.8 Å². The maximum atomic E-state index is 11.9. The van der Waals surface area contributed by atoms with Gasteiger partial charge in [0.2, 0.25) is 5.91 Å². The van der Waals surface area contributed by atoms with Gasteiger partial charge in [-0.05, 0) is 30.9 Å². The molecule has 1 aliphatic carbocycles. The maximum Gasteiger partial charge on any atom is 0.220 e. The van der Waals surface area contributed by atoms with E-state index in [0.717, 1.165) is 31.2 Å². The Bertz CT molecular complexity index is 493. The summed E-state index contributed by atoms with van der Waals surface area (Å²) in [6, 6.07) is 5.45. The highest BCUT2D eigenvalue weighted by atomic mass is 35.5. The number of amides is 1. The molecule has 2 unspecified atom stereocenters. The Kier molecular flexibility index (Phi) is 6.34. The molecule has 0 heterocycles. The number of hydrogen-bond acceptors (Lipinski definition) is 2. The number of rotatable bonds is 5. The van der Waals surface area contributed by atoms with E-state index >= 15 is 0 Å². The van der Waals surface area contributed by atoms with Crippen LogP contribution in [0.1, 0.15) is 37.7 Å². The fraction of sp³-hybridized carbons (Fsp3) is 0.562. The minimum Gasteiger partial charge on any atom is -0.393 e. The van der Waals surface area contributed by atoms with Crippen LogP contribution in [0.15, 0.2) is 18.2 Å². The average Bonchev–Trinajstić information content (AvgIpc) is 2.48. The van der Waals surface area contributed by atoms with Crippen LogP contribution in [0, 0.1) is 5.92 Å². The Morgan fingerprint density at radius 3 is 2.81 bits per heavy atom. The highest BCUT2D eigenvalue weighted by Gasteiger charge is 2.23. The van der Waals surface area contributed by atoms with Crippen molar-refractivity contribution in [3.63, 3.8) is 0 Å². The zero-order valence-electron chi connectivity index (χ0n) is 11.9. The molecular formula is C16H21Cl2NO2. The number of aliphatic hydroxyl groups excluding tert-OH is 1. The van der Waals surface area contributed by atoms with E-state index in [9.17, 15) is 9.90 Å². The van der Waals surface area contributed by atoms with Gasteiger partial charge in [0.05, 0.1) is 16.1 Å². The second kappa shape index (κ2) is 8.02. The summed E-state index contributed by atoms with van der Waals surface area (Å²) in [4.78, 5) is 11.9. The van der Waals surface area contributed by atoms with Gasteiger partial charge in [-0.15, -0.1) is 0 Å². The van der Waals surface area contributed by atoms with Crippen LogP contribution in [0.25, 0.3) is 0 Å². The highest BCUT2D eigenvalue weighted by molar-refractivity contribution is 6.42. The van der Waals surface area contributed by atoms with Crippen LogP contribution < -0.4 is 5.32 Å². The van der Waals surface area contributed by atoms with E-state index in [1.807, 2.05) is 12.1 Å². The molecule has 21 heavy (non-hydrogen) atoms. The smallest absolute Gasteiger partial charge is 0.220 e. The molecule has 2 atom stereocenters. The molecule has 1 amide bonds. The predicted octanol–water partition coefficient (Wildman–Crippen LogP) is 3.59. The summed E-state index contributed by atoms with van der Waals surface area (Å²) in [5.41, 5.74) is 0.886. The quantitative estimate of drug-likeness (QED) is 0.867. The molecule has 1 fully saturated rings. The zero-order chi connectivity index (χ0) is 15.2. The first-order chi connectivity index (χ1) is 10.1. The molecule has 5 heteroatoms. The third-order valence-corrected chi connectivity index (χ3v) is 4.94. The number of carbonyl (C=O) groups is 1. The standard InChI is InChI=1S/C16H21Cl2NO2/c17-13-6-3-5-11(16(13)18)8-9-15(21)19-10-12-4-1-2-7-14(12)20/h3,5-6,12,14,20H,1-2,4,7-10H2,(H,19,21). The normalized spacial score (nSPS) is 22.0. The summed E-state index contributed by atoms with van der Waals surface area (Å²) in [6.07, 6.45) is 4.72. The van der Waals surface area contributed by atoms with Gasteiger partial charge in [-0.1, -0.05) is 48.2 Å². The van der Waals surface area contributed by atoms with E-state index in [4.69, 9.17) is 23.2 Å². The number of nitrogens with one attached hydrogen (secondary N) is 1. The molecule has 3 nitrogen and oxygen atoms in total. The van der Waals surface area contributed by atoms with Gasteiger partial charge < -0.3 is 10.4 Å². The molecule has 116 valence electrons. The fourth-order valence-electron chi connectivity index (χ4n) is 2.75. The van der Waals surface area contributed by atoms with E-state index in [-0.39, 0.29) is 17.9 Å². The van der Waals surface area contributed by atoms with Crippen molar-refractivity contribution >= 4 is 29.1 Å². The van der Waals surface area contributed by atoms with Gasteiger partial charge in [-0.2, -0.15) is 0 Å². The first kappa shape index (κ1) is 16.6. The van der Waals surface area contributed by atoms with E-state index < -0.39 is 0 Å². The lowest BCUT2D eigenvalue weighted by molar-refractivity contribution is -0.121. The third-order valence-electron chi connectivity index (χ3n) is 4.08. The van der Waals surface area contributed by atoms with Crippen LogP contribution in [0.4, 0.5) is 0 Å². The van der Waals surface area contributed by atoms with Crippen molar-refractivity contribution in [2.45, 2.75) is 44.6 Å². The molecule has 2 N–H and O–H groups in total. The SMILES string of the molecule is O=C(CCc1cccc(Cl)c1Cl)NCC1CCCCC1O. The molecule has 0 saturated heterocycles. The number of hydrogen-bond donors (Lipinski definition) is 2. The minimum atomic E-state index is -0.276. The molecule has 0 aromatic heterocycles. The molecule has 0 spiro atoms. The number of aliphatic hydroxyl groups is 1. The second-order valence-corrected chi connectivity index (χ2v) is 6.41. The van der Waals surface area contributed by atoms with Crippen LogP contribution in [0.5, 0.6) is 0 Å². The Labute approximate surface area is 135 Å². The Balaban J connectivity index is 1.76. The lowest BCUT2D eigenvalue weighted by atomic mass is 9.86. The number of carbonyl (C=O) groups excluding carboxylic acids is 1. The van der Waals surface area contributed by atoms with E-state index in [1.54, 1.807) is 6.07 Å². The van der Waals surface area contributed by atoms with Gasteiger partial charge in [0, 0.05) is 18.9 Å². The summed E-state index contributed by atoms with van der Waals surface area (Å²) < 4.78 is 0. The topological polar surface area (TPSA) is 49.3 Å². The van der Waals surface area contributed by atoms with Crippen LogP contribution in [-0.2, 0) is 11.2 Å². The largest absolute Gasteiger partial charge is 0.393 e. The average molecular weight is 330 g/mol. The van der Waals surface area contributed by atoms with Crippen molar-refractivity contribution < 1.29 is 9.90 Å². The Hall–Kier alpha value is -0.770. The van der Waals surface area contributed by atoms with Crippen molar-refractivity contribution in [2.24, 2.45) is 5.92 Å². The van der Waals surface area contributed by atoms with Gasteiger partial charge in [-0.25, -0.2) is 0 Å². The zero-order valence-corrected chi connectivity index (χ0v) is 13.5. The number of aryl methyl sites for hydroxylation is 1. The minimum absolute atomic E-state index is 0.0104.